The van der Waals surface area contributed by atoms with Crippen LogP contribution in [0.1, 0.15) is 16.9 Å². The van der Waals surface area contributed by atoms with E-state index in [-0.39, 0.29) is 23.2 Å². The van der Waals surface area contributed by atoms with Gasteiger partial charge in [-0.2, -0.15) is 5.10 Å². The van der Waals surface area contributed by atoms with Crippen molar-refractivity contribution in [1.82, 2.24) is 15.1 Å². The number of esters is 1. The molecule has 8 nitrogen and oxygen atoms in total. The Balaban J connectivity index is 1.61. The maximum atomic E-state index is 12.1. The summed E-state index contributed by atoms with van der Waals surface area (Å²) in [4.78, 5) is 25.5. The summed E-state index contributed by atoms with van der Waals surface area (Å²) in [6.07, 6.45) is 0.405. The van der Waals surface area contributed by atoms with Gasteiger partial charge in [0.2, 0.25) is 0 Å². The predicted molar refractivity (Wildman–Crippen MR) is 86.2 cm³/mol. The van der Waals surface area contributed by atoms with Gasteiger partial charge in [-0.25, -0.2) is 13.2 Å². The lowest BCUT2D eigenvalue weighted by molar-refractivity contribution is -0.134. The molecule has 1 aromatic carbocycles. The summed E-state index contributed by atoms with van der Waals surface area (Å²) < 4.78 is 28.0. The van der Waals surface area contributed by atoms with Crippen LogP contribution in [0, 0.1) is 0 Å². The highest BCUT2D eigenvalue weighted by atomic mass is 32.2. The zero-order chi connectivity index (χ0) is 17.3. The van der Waals surface area contributed by atoms with Crippen molar-refractivity contribution in [2.75, 3.05) is 25.2 Å². The molecule has 1 aliphatic rings. The second-order valence-corrected chi connectivity index (χ2v) is 7.98. The number of hydrogen-bond acceptors (Lipinski definition) is 6. The number of aromatic amines is 1. The number of nitrogens with zero attached hydrogens (tertiary/aromatic N) is 2. The number of aromatic nitrogens is 2. The lowest BCUT2D eigenvalue weighted by Crippen LogP contribution is -2.40. The first-order valence-corrected chi connectivity index (χ1v) is 9.26. The van der Waals surface area contributed by atoms with Gasteiger partial charge in [-0.3, -0.25) is 9.89 Å². The molecule has 2 heterocycles. The van der Waals surface area contributed by atoms with Gasteiger partial charge in [-0.1, -0.05) is 18.2 Å². The second-order valence-electron chi connectivity index (χ2n) is 5.76. The van der Waals surface area contributed by atoms with Crippen molar-refractivity contribution in [1.29, 1.82) is 0 Å². The topological polar surface area (TPSA) is 109 Å². The van der Waals surface area contributed by atoms with E-state index in [1.807, 2.05) is 6.07 Å². The molecule has 0 aliphatic carbocycles. The summed E-state index contributed by atoms with van der Waals surface area (Å²) in [5.41, 5.74) is 0.813. The number of rotatable bonds is 4. The average molecular weight is 351 g/mol. The minimum Gasteiger partial charge on any atom is -0.451 e. The first-order valence-electron chi connectivity index (χ1n) is 7.44. The average Bonchev–Trinajstić information content (AvgIpc) is 3.14. The van der Waals surface area contributed by atoms with E-state index in [1.165, 1.54) is 11.9 Å². The number of H-pyrrole nitrogens is 1. The number of carbonyl (C=O) groups is 2. The largest absolute Gasteiger partial charge is 0.451 e. The van der Waals surface area contributed by atoms with Gasteiger partial charge in [-0.15, -0.1) is 0 Å². The Morgan fingerprint density at radius 3 is 2.83 bits per heavy atom. The smallest absolute Gasteiger partial charge is 0.359 e. The van der Waals surface area contributed by atoms with Crippen LogP contribution in [0.3, 0.4) is 0 Å². The van der Waals surface area contributed by atoms with E-state index < -0.39 is 28.3 Å². The molecule has 1 fully saturated rings. The van der Waals surface area contributed by atoms with E-state index in [4.69, 9.17) is 4.74 Å². The first-order chi connectivity index (χ1) is 11.4. The summed E-state index contributed by atoms with van der Waals surface area (Å²) in [5.74, 6) is -1.11. The molecule has 9 heteroatoms. The highest BCUT2D eigenvalue weighted by molar-refractivity contribution is 7.91. The number of para-hydroxylation sites is 1. The van der Waals surface area contributed by atoms with Crippen molar-refractivity contribution in [2.45, 2.75) is 12.5 Å². The van der Waals surface area contributed by atoms with Crippen molar-refractivity contribution in [3.05, 3.63) is 30.0 Å². The molecule has 1 N–H and O–H groups in total. The highest BCUT2D eigenvalue weighted by Gasteiger charge is 2.33. The van der Waals surface area contributed by atoms with Crippen molar-refractivity contribution in [2.24, 2.45) is 0 Å². The van der Waals surface area contributed by atoms with Crippen LogP contribution in [0.2, 0.25) is 0 Å². The van der Waals surface area contributed by atoms with E-state index in [0.717, 1.165) is 0 Å². The molecule has 1 amide bonds. The van der Waals surface area contributed by atoms with E-state index in [1.54, 1.807) is 18.2 Å². The fourth-order valence-electron chi connectivity index (χ4n) is 2.70. The Hall–Kier alpha value is -2.42. The third kappa shape index (κ3) is 3.25. The summed E-state index contributed by atoms with van der Waals surface area (Å²) >= 11 is 0. The van der Waals surface area contributed by atoms with Crippen LogP contribution in [0.25, 0.3) is 10.9 Å². The maximum absolute atomic E-state index is 12.1. The molecular weight excluding hydrogens is 334 g/mol. The Labute approximate surface area is 138 Å². The minimum atomic E-state index is -3.08. The number of carbonyl (C=O) groups excluding carboxylic acids is 2. The molecule has 0 spiro atoms. The van der Waals surface area contributed by atoms with Gasteiger partial charge in [0.1, 0.15) is 0 Å². The van der Waals surface area contributed by atoms with Gasteiger partial charge in [0, 0.05) is 18.5 Å². The molecule has 1 atom stereocenters. The second kappa shape index (κ2) is 6.23. The van der Waals surface area contributed by atoms with Crippen LogP contribution in [0.15, 0.2) is 24.3 Å². The van der Waals surface area contributed by atoms with Crippen LogP contribution in [0.4, 0.5) is 0 Å². The maximum Gasteiger partial charge on any atom is 0.359 e. The predicted octanol–water partition coefficient (Wildman–Crippen LogP) is 0.365. The molecule has 2 aromatic rings. The summed E-state index contributed by atoms with van der Waals surface area (Å²) in [6.45, 7) is -0.451. The molecule has 0 saturated carbocycles. The Bertz CT molecular complexity index is 889. The SMILES string of the molecule is CN(C(=O)COC(=O)c1n[nH]c2ccccc12)[C@@H]1CCS(=O)(=O)C1. The van der Waals surface area contributed by atoms with Crippen LogP contribution in [-0.4, -0.2) is 66.6 Å². The standard InChI is InChI=1S/C15H17N3O5S/c1-18(10-6-7-24(21,22)9-10)13(19)8-23-15(20)14-11-4-2-3-5-12(11)16-17-14/h2-5,10H,6-9H2,1H3,(H,16,17)/t10-/m1/s1. The number of benzene rings is 1. The molecule has 0 unspecified atom stereocenters. The lowest BCUT2D eigenvalue weighted by atomic mass is 10.2. The minimum absolute atomic E-state index is 0.0484. The molecular formula is C15H17N3O5S. The zero-order valence-corrected chi connectivity index (χ0v) is 13.9. The third-order valence-electron chi connectivity index (χ3n) is 4.14. The fourth-order valence-corrected chi connectivity index (χ4v) is 4.48. The number of nitrogens with one attached hydrogen (secondary N) is 1. The monoisotopic (exact) mass is 351 g/mol. The van der Waals surface area contributed by atoms with Gasteiger partial charge in [-0.05, 0) is 12.5 Å². The Morgan fingerprint density at radius 1 is 1.38 bits per heavy atom. The molecule has 1 aromatic heterocycles. The fraction of sp³-hybridized carbons (Fsp3) is 0.400. The van der Waals surface area contributed by atoms with E-state index >= 15 is 0 Å². The van der Waals surface area contributed by atoms with E-state index in [2.05, 4.69) is 10.2 Å². The molecule has 1 aliphatic heterocycles. The quantitative estimate of drug-likeness (QED) is 0.797. The van der Waals surface area contributed by atoms with Gasteiger partial charge in [0.05, 0.1) is 17.0 Å². The van der Waals surface area contributed by atoms with Crippen molar-refractivity contribution in [3.63, 3.8) is 0 Å². The third-order valence-corrected chi connectivity index (χ3v) is 5.89. The lowest BCUT2D eigenvalue weighted by Gasteiger charge is -2.23. The highest BCUT2D eigenvalue weighted by Crippen LogP contribution is 2.18. The molecule has 24 heavy (non-hydrogen) atoms. The van der Waals surface area contributed by atoms with Gasteiger partial charge in [0.15, 0.2) is 22.1 Å². The number of ether oxygens (including phenoxy) is 1. The number of hydrogen-bond donors (Lipinski definition) is 1. The summed E-state index contributed by atoms with van der Waals surface area (Å²) in [6, 6.07) is 6.72. The zero-order valence-electron chi connectivity index (χ0n) is 13.1. The summed E-state index contributed by atoms with van der Waals surface area (Å²) in [7, 11) is -1.56. The van der Waals surface area contributed by atoms with Crippen molar-refractivity contribution in [3.8, 4) is 0 Å². The van der Waals surface area contributed by atoms with E-state index in [9.17, 15) is 18.0 Å². The first kappa shape index (κ1) is 16.4. The molecule has 0 bridgehead atoms. The van der Waals surface area contributed by atoms with Crippen LogP contribution in [-0.2, 0) is 19.4 Å². The summed E-state index contributed by atoms with van der Waals surface area (Å²) in [5, 5.41) is 7.25. The number of sulfone groups is 1. The van der Waals surface area contributed by atoms with Crippen molar-refractivity contribution < 1.29 is 22.7 Å². The van der Waals surface area contributed by atoms with Gasteiger partial charge in [0.25, 0.3) is 5.91 Å². The van der Waals surface area contributed by atoms with Crippen LogP contribution in [0.5, 0.6) is 0 Å². The molecule has 3 rings (SSSR count). The molecule has 1 saturated heterocycles. The number of amides is 1. The Morgan fingerprint density at radius 2 is 2.12 bits per heavy atom. The normalized spacial score (nSPS) is 19.3. The van der Waals surface area contributed by atoms with Gasteiger partial charge >= 0.3 is 5.97 Å². The molecule has 128 valence electrons. The number of likely N-dealkylation sites (N-methyl/N-ethyl adjacent to an activating group) is 1. The van der Waals surface area contributed by atoms with Crippen LogP contribution >= 0.6 is 0 Å². The van der Waals surface area contributed by atoms with Crippen LogP contribution < -0.4 is 0 Å². The van der Waals surface area contributed by atoms with Crippen molar-refractivity contribution >= 4 is 32.6 Å². The Kier molecular flexibility index (Phi) is 4.27. The van der Waals surface area contributed by atoms with Gasteiger partial charge < -0.3 is 9.64 Å². The number of fused-ring (bicyclic) bond motifs is 1. The van der Waals surface area contributed by atoms with E-state index in [0.29, 0.717) is 17.3 Å². The molecule has 0 radical (unpaired) electrons.